The van der Waals surface area contributed by atoms with E-state index in [4.69, 9.17) is 14.2 Å². The second-order valence-electron chi connectivity index (χ2n) is 21.3. The predicted molar refractivity (Wildman–Crippen MR) is 316 cm³/mol. The molecule has 0 amide bonds. The van der Waals surface area contributed by atoms with Gasteiger partial charge >= 0.3 is 17.9 Å². The summed E-state index contributed by atoms with van der Waals surface area (Å²) in [6.45, 7) is 6.50. The number of carbonyl (C=O) groups excluding carboxylic acids is 3. The van der Waals surface area contributed by atoms with Crippen molar-refractivity contribution >= 4 is 17.9 Å². The lowest BCUT2D eigenvalue weighted by molar-refractivity contribution is -0.167. The van der Waals surface area contributed by atoms with Crippen LogP contribution in [-0.2, 0) is 28.6 Å². The zero-order valence-electron chi connectivity index (χ0n) is 48.7. The molecule has 73 heavy (non-hydrogen) atoms. The van der Waals surface area contributed by atoms with E-state index in [2.05, 4.69) is 81.5 Å². The molecule has 0 N–H and O–H groups in total. The number of carbonyl (C=O) groups is 3. The summed E-state index contributed by atoms with van der Waals surface area (Å²) in [5.74, 6) is -0.901. The third-order valence-electron chi connectivity index (χ3n) is 14.0. The number of hydrogen-bond acceptors (Lipinski definition) is 6. The molecular weight excluding hydrogens is 901 g/mol. The summed E-state index contributed by atoms with van der Waals surface area (Å²) in [4.78, 5) is 38.0. The van der Waals surface area contributed by atoms with Gasteiger partial charge in [0.25, 0.3) is 0 Å². The molecule has 0 saturated carbocycles. The van der Waals surface area contributed by atoms with Crippen LogP contribution in [0.5, 0.6) is 0 Å². The molecule has 1 atom stereocenters. The minimum Gasteiger partial charge on any atom is -0.462 e. The Labute approximate surface area is 453 Å². The second-order valence-corrected chi connectivity index (χ2v) is 21.3. The van der Waals surface area contributed by atoms with Crippen LogP contribution >= 0.6 is 0 Å². The van der Waals surface area contributed by atoms with Crippen molar-refractivity contribution in [1.29, 1.82) is 0 Å². The fourth-order valence-corrected chi connectivity index (χ4v) is 9.25. The third kappa shape index (κ3) is 59.9. The van der Waals surface area contributed by atoms with Gasteiger partial charge in [-0.15, -0.1) is 0 Å². The molecule has 0 aromatic rings. The molecule has 0 rings (SSSR count). The average Bonchev–Trinajstić information content (AvgIpc) is 3.39. The van der Waals surface area contributed by atoms with E-state index in [9.17, 15) is 14.4 Å². The van der Waals surface area contributed by atoms with E-state index in [0.717, 1.165) is 89.9 Å². The van der Waals surface area contributed by atoms with Crippen LogP contribution in [-0.4, -0.2) is 37.2 Å². The summed E-state index contributed by atoms with van der Waals surface area (Å²) < 4.78 is 16.8. The molecular formula is C67H120O6. The second kappa shape index (κ2) is 61.7. The Balaban J connectivity index is 4.00. The lowest BCUT2D eigenvalue weighted by Gasteiger charge is -2.18. The van der Waals surface area contributed by atoms with Gasteiger partial charge in [-0.2, -0.15) is 0 Å². The van der Waals surface area contributed by atoms with Crippen molar-refractivity contribution in [3.63, 3.8) is 0 Å². The van der Waals surface area contributed by atoms with Gasteiger partial charge in [-0.25, -0.2) is 0 Å². The summed E-state index contributed by atoms with van der Waals surface area (Å²) in [6.07, 6.45) is 78.4. The van der Waals surface area contributed by atoms with Crippen LogP contribution < -0.4 is 0 Å². The van der Waals surface area contributed by atoms with Gasteiger partial charge in [-0.05, 0) is 83.5 Å². The van der Waals surface area contributed by atoms with Crippen LogP contribution in [0.4, 0.5) is 0 Å². The number of esters is 3. The third-order valence-corrected chi connectivity index (χ3v) is 14.0. The Morgan fingerprint density at radius 2 is 0.534 bits per heavy atom. The molecule has 0 radical (unpaired) electrons. The molecule has 0 aliphatic rings. The molecule has 1 unspecified atom stereocenters. The fourth-order valence-electron chi connectivity index (χ4n) is 9.25. The highest BCUT2D eigenvalue weighted by atomic mass is 16.6. The summed E-state index contributed by atoms with van der Waals surface area (Å²) in [7, 11) is 0. The standard InChI is InChI=1S/C67H120O6/c1-4-7-10-13-16-19-21-23-24-25-26-27-28-29-30-31-32-33-34-35-36-37-38-39-40-41-42-44-45-48-51-54-57-60-66(69)72-63-64(62-71-65(68)59-56-53-50-47-18-15-12-9-6-3)73-67(70)61-58-55-52-49-46-43-22-20-17-14-11-8-5-2/h8,11,17,20-21,23,25-26,43,46,64H,4-7,9-10,12-16,18-19,22,24,27-42,44-45,47-63H2,1-3H3/b11-8-,20-17-,23-21-,26-25-,46-43-. The van der Waals surface area contributed by atoms with Crippen LogP contribution in [0.2, 0.25) is 0 Å². The molecule has 0 saturated heterocycles. The molecule has 0 aliphatic carbocycles. The molecule has 0 aromatic heterocycles. The van der Waals surface area contributed by atoms with Gasteiger partial charge in [0, 0.05) is 19.3 Å². The molecule has 0 fully saturated rings. The van der Waals surface area contributed by atoms with Crippen molar-refractivity contribution in [2.24, 2.45) is 0 Å². The molecule has 6 heteroatoms. The zero-order valence-corrected chi connectivity index (χ0v) is 48.7. The molecule has 0 heterocycles. The van der Waals surface area contributed by atoms with Gasteiger partial charge in [-0.3, -0.25) is 14.4 Å². The topological polar surface area (TPSA) is 78.9 Å². The van der Waals surface area contributed by atoms with E-state index in [1.165, 1.54) is 199 Å². The summed E-state index contributed by atoms with van der Waals surface area (Å²) >= 11 is 0. The number of unbranched alkanes of at least 4 members (excludes halogenated alkanes) is 37. The van der Waals surface area contributed by atoms with Gasteiger partial charge in [0.1, 0.15) is 13.2 Å². The van der Waals surface area contributed by atoms with E-state index >= 15 is 0 Å². The maximum absolute atomic E-state index is 12.8. The highest BCUT2D eigenvalue weighted by Gasteiger charge is 2.19. The Bertz CT molecular complexity index is 1310. The van der Waals surface area contributed by atoms with Gasteiger partial charge < -0.3 is 14.2 Å². The van der Waals surface area contributed by atoms with Crippen molar-refractivity contribution in [2.75, 3.05) is 13.2 Å². The maximum atomic E-state index is 12.8. The Morgan fingerprint density at radius 3 is 0.849 bits per heavy atom. The quantitative estimate of drug-likeness (QED) is 0.0261. The number of ether oxygens (including phenoxy) is 3. The molecule has 424 valence electrons. The van der Waals surface area contributed by atoms with Gasteiger partial charge in [0.15, 0.2) is 6.10 Å². The fraction of sp³-hybridized carbons (Fsp3) is 0.806. The predicted octanol–water partition coefficient (Wildman–Crippen LogP) is 21.6. The number of rotatable bonds is 58. The van der Waals surface area contributed by atoms with Crippen LogP contribution in [0, 0.1) is 0 Å². The average molecular weight is 1020 g/mol. The minimum atomic E-state index is -0.785. The van der Waals surface area contributed by atoms with Crippen molar-refractivity contribution in [1.82, 2.24) is 0 Å². The smallest absolute Gasteiger partial charge is 0.306 e. The van der Waals surface area contributed by atoms with Crippen LogP contribution in [0.25, 0.3) is 0 Å². The van der Waals surface area contributed by atoms with E-state index in [1.807, 2.05) is 0 Å². The van der Waals surface area contributed by atoms with Crippen molar-refractivity contribution in [2.45, 2.75) is 335 Å². The van der Waals surface area contributed by atoms with Crippen molar-refractivity contribution in [3.05, 3.63) is 60.8 Å². The maximum Gasteiger partial charge on any atom is 0.306 e. The van der Waals surface area contributed by atoms with Crippen molar-refractivity contribution in [3.8, 4) is 0 Å². The highest BCUT2D eigenvalue weighted by molar-refractivity contribution is 5.71. The molecule has 6 nitrogen and oxygen atoms in total. The SMILES string of the molecule is CC/C=C\C/C=C\C/C=C\CCCCCC(=O)OC(COC(=O)CCCCCCCCCCC)COC(=O)CCCCCCCCCCCCCCCCCCCCCCC/C=C\C/C=C\CCCCCCC. The van der Waals surface area contributed by atoms with Crippen LogP contribution in [0.15, 0.2) is 60.8 Å². The lowest BCUT2D eigenvalue weighted by atomic mass is 10.0. The Kier molecular flexibility index (Phi) is 59.2. The molecule has 0 bridgehead atoms. The Morgan fingerprint density at radius 1 is 0.288 bits per heavy atom. The van der Waals surface area contributed by atoms with Gasteiger partial charge in [0.05, 0.1) is 0 Å². The van der Waals surface area contributed by atoms with Gasteiger partial charge in [-0.1, -0.05) is 287 Å². The first-order valence-electron chi connectivity index (χ1n) is 31.8. The highest BCUT2D eigenvalue weighted by Crippen LogP contribution is 2.17. The summed E-state index contributed by atoms with van der Waals surface area (Å²) in [5, 5.41) is 0. The first-order chi connectivity index (χ1) is 36.0. The summed E-state index contributed by atoms with van der Waals surface area (Å²) in [5.41, 5.74) is 0. The largest absolute Gasteiger partial charge is 0.462 e. The van der Waals surface area contributed by atoms with Crippen LogP contribution in [0.3, 0.4) is 0 Å². The van der Waals surface area contributed by atoms with Crippen molar-refractivity contribution < 1.29 is 28.6 Å². The number of allylic oxidation sites excluding steroid dienone is 10. The normalized spacial score (nSPS) is 12.4. The van der Waals surface area contributed by atoms with E-state index in [-0.39, 0.29) is 31.1 Å². The lowest BCUT2D eigenvalue weighted by Crippen LogP contribution is -2.30. The van der Waals surface area contributed by atoms with E-state index < -0.39 is 6.10 Å². The molecule has 0 spiro atoms. The van der Waals surface area contributed by atoms with Crippen LogP contribution in [0.1, 0.15) is 329 Å². The summed E-state index contributed by atoms with van der Waals surface area (Å²) in [6, 6.07) is 0. The number of hydrogen-bond donors (Lipinski definition) is 0. The first-order valence-corrected chi connectivity index (χ1v) is 31.8. The van der Waals surface area contributed by atoms with E-state index in [1.54, 1.807) is 0 Å². The Hall–Kier alpha value is -2.89. The van der Waals surface area contributed by atoms with E-state index in [0.29, 0.717) is 19.3 Å². The first kappa shape index (κ1) is 70.1. The molecule has 0 aliphatic heterocycles. The van der Waals surface area contributed by atoms with Gasteiger partial charge in [0.2, 0.25) is 0 Å². The zero-order chi connectivity index (χ0) is 52.9. The minimum absolute atomic E-state index is 0.0821. The molecule has 0 aromatic carbocycles. The monoisotopic (exact) mass is 1020 g/mol.